The predicted octanol–water partition coefficient (Wildman–Crippen LogP) is 7.86. The normalized spacial score (nSPS) is 27.0. The first kappa shape index (κ1) is 28.8. The van der Waals surface area contributed by atoms with Crippen molar-refractivity contribution in [2.24, 2.45) is 11.8 Å². The van der Waals surface area contributed by atoms with Crippen LogP contribution in [-0.2, 0) is 16.9 Å². The SMILES string of the molecule is Cc1cccc(Cl)c1-c1noc(C2CC2)c1COC1(C(F)F)C[C@H]2CC[C@@H](C1)C2(O)c1nc2c(F)cc(C(=O)O)cc2s1. The molecule has 43 heavy (non-hydrogen) atoms. The Morgan fingerprint density at radius 1 is 1.21 bits per heavy atom. The first-order valence-corrected chi connectivity index (χ1v) is 15.4. The Morgan fingerprint density at radius 2 is 1.93 bits per heavy atom. The average Bonchev–Trinajstić information content (AvgIpc) is 3.53. The lowest BCUT2D eigenvalue weighted by molar-refractivity contribution is -0.215. The maximum atomic E-state index is 15.0. The molecule has 0 saturated heterocycles. The molecular formula is C31H28ClF3N2O5S. The topological polar surface area (TPSA) is 106 Å². The van der Waals surface area contributed by atoms with Gasteiger partial charge < -0.3 is 19.5 Å². The Morgan fingerprint density at radius 3 is 2.56 bits per heavy atom. The molecule has 0 aliphatic heterocycles. The van der Waals surface area contributed by atoms with Gasteiger partial charge in [-0.3, -0.25) is 0 Å². The van der Waals surface area contributed by atoms with Crippen molar-refractivity contribution < 1.29 is 37.4 Å². The number of halogens is 4. The molecule has 226 valence electrons. The molecule has 12 heteroatoms. The number of carboxylic acids is 1. The van der Waals surface area contributed by atoms with Crippen molar-refractivity contribution in [3.63, 3.8) is 0 Å². The van der Waals surface area contributed by atoms with Crippen LogP contribution in [0.5, 0.6) is 0 Å². The highest BCUT2D eigenvalue weighted by molar-refractivity contribution is 7.18. The lowest BCUT2D eigenvalue weighted by atomic mass is 9.68. The maximum Gasteiger partial charge on any atom is 0.335 e. The molecule has 3 aliphatic rings. The molecule has 2 unspecified atom stereocenters. The fourth-order valence-electron chi connectivity index (χ4n) is 7.07. The second-order valence-corrected chi connectivity index (χ2v) is 13.5. The number of carboxylic acid groups (broad SMARTS) is 1. The highest BCUT2D eigenvalue weighted by Gasteiger charge is 2.63. The number of rotatable bonds is 8. The van der Waals surface area contributed by atoms with Gasteiger partial charge in [0, 0.05) is 17.0 Å². The zero-order valence-electron chi connectivity index (χ0n) is 23.1. The number of hydrogen-bond donors (Lipinski definition) is 2. The number of carbonyl (C=O) groups is 1. The Labute approximate surface area is 253 Å². The van der Waals surface area contributed by atoms with E-state index in [1.54, 1.807) is 6.07 Å². The molecule has 7 rings (SSSR count). The van der Waals surface area contributed by atoms with Crippen molar-refractivity contribution in [3.05, 3.63) is 68.6 Å². The number of nitrogens with zero attached hydrogens (tertiary/aromatic N) is 2. The van der Waals surface area contributed by atoms with Gasteiger partial charge in [-0.1, -0.05) is 28.9 Å². The highest BCUT2D eigenvalue weighted by Crippen LogP contribution is 2.61. The zero-order chi connectivity index (χ0) is 30.3. The third kappa shape index (κ3) is 4.58. The van der Waals surface area contributed by atoms with Crippen molar-refractivity contribution >= 4 is 39.1 Å². The molecule has 0 spiro atoms. The number of benzene rings is 2. The van der Waals surface area contributed by atoms with Crippen LogP contribution in [0, 0.1) is 24.6 Å². The van der Waals surface area contributed by atoms with Gasteiger partial charge in [-0.05, 0) is 81.0 Å². The number of aliphatic hydroxyl groups is 1. The second kappa shape index (κ2) is 10.3. The van der Waals surface area contributed by atoms with Crippen LogP contribution in [0.15, 0.2) is 34.9 Å². The van der Waals surface area contributed by atoms with Gasteiger partial charge in [0.05, 0.1) is 21.9 Å². The molecule has 3 aliphatic carbocycles. The van der Waals surface area contributed by atoms with Crippen molar-refractivity contribution in [2.45, 2.75) is 75.6 Å². The molecule has 0 radical (unpaired) electrons. The molecule has 2 aromatic heterocycles. The monoisotopic (exact) mass is 632 g/mol. The average molecular weight is 633 g/mol. The third-order valence-electron chi connectivity index (χ3n) is 9.46. The van der Waals surface area contributed by atoms with Crippen LogP contribution in [0.2, 0.25) is 5.02 Å². The van der Waals surface area contributed by atoms with Gasteiger partial charge in [-0.25, -0.2) is 22.9 Å². The van der Waals surface area contributed by atoms with Gasteiger partial charge in [0.2, 0.25) is 0 Å². The summed E-state index contributed by atoms with van der Waals surface area (Å²) in [7, 11) is 0. The van der Waals surface area contributed by atoms with Crippen molar-refractivity contribution in [1.82, 2.24) is 10.1 Å². The molecule has 3 fully saturated rings. The van der Waals surface area contributed by atoms with E-state index >= 15 is 8.78 Å². The lowest BCUT2D eigenvalue weighted by Gasteiger charge is -2.47. The maximum absolute atomic E-state index is 15.0. The number of ether oxygens (including phenoxy) is 1. The van der Waals surface area contributed by atoms with Gasteiger partial charge in [0.1, 0.15) is 33.2 Å². The zero-order valence-corrected chi connectivity index (χ0v) is 24.7. The fraction of sp³-hybridized carbons (Fsp3) is 0.452. The summed E-state index contributed by atoms with van der Waals surface area (Å²) in [6.45, 7) is 1.75. The molecule has 2 bridgehead atoms. The standard InChI is InChI=1S/C31H28ClF3N2O5S/c1-14-3-2-4-20(32)23(14)24-19(26(42-37-24)15-5-6-15)13-41-30(28(34)35)11-17-7-8-18(12-30)31(17,40)29-36-25-21(33)9-16(27(38)39)10-22(25)43-29/h2-4,9-10,15,17-18,28,40H,5-8,11-13H2,1H3,(H,38,39)/t17-,18+,30?,31?. The van der Waals surface area contributed by atoms with E-state index in [0.717, 1.165) is 35.8 Å². The smallest absolute Gasteiger partial charge is 0.335 e. The number of alkyl halides is 2. The summed E-state index contributed by atoms with van der Waals surface area (Å²) in [5, 5.41) is 26.4. The summed E-state index contributed by atoms with van der Waals surface area (Å²) in [5.41, 5.74) is -1.01. The third-order valence-corrected chi connectivity index (χ3v) is 10.9. The number of hydrogen-bond acceptors (Lipinski definition) is 7. The van der Waals surface area contributed by atoms with E-state index in [4.69, 9.17) is 20.9 Å². The summed E-state index contributed by atoms with van der Waals surface area (Å²) in [6, 6.07) is 7.68. The van der Waals surface area contributed by atoms with Crippen LogP contribution < -0.4 is 0 Å². The van der Waals surface area contributed by atoms with E-state index in [1.165, 1.54) is 6.07 Å². The van der Waals surface area contributed by atoms with Crippen molar-refractivity contribution in [2.75, 3.05) is 0 Å². The number of aromatic carboxylic acids is 1. The molecule has 2 N–H and O–H groups in total. The molecule has 3 saturated carbocycles. The number of aromatic nitrogens is 2. The van der Waals surface area contributed by atoms with Crippen molar-refractivity contribution in [3.8, 4) is 11.3 Å². The van der Waals surface area contributed by atoms with Crippen LogP contribution in [0.25, 0.3) is 21.5 Å². The van der Waals surface area contributed by atoms with Gasteiger partial charge in [-0.15, -0.1) is 11.3 Å². The van der Waals surface area contributed by atoms with Gasteiger partial charge in [-0.2, -0.15) is 0 Å². The van der Waals surface area contributed by atoms with E-state index in [2.05, 4.69) is 10.1 Å². The summed E-state index contributed by atoms with van der Waals surface area (Å²) >= 11 is 7.54. The first-order valence-electron chi connectivity index (χ1n) is 14.2. The van der Waals surface area contributed by atoms with Gasteiger partial charge in [0.25, 0.3) is 6.43 Å². The number of aryl methyl sites for hydroxylation is 1. The lowest BCUT2D eigenvalue weighted by Crippen LogP contribution is -2.54. The minimum absolute atomic E-state index is 0.0396. The molecule has 2 heterocycles. The molecule has 4 atom stereocenters. The van der Waals surface area contributed by atoms with Gasteiger partial charge in [0.15, 0.2) is 5.82 Å². The number of thiazole rings is 1. The van der Waals surface area contributed by atoms with Crippen LogP contribution in [-0.4, -0.2) is 38.3 Å². The van der Waals surface area contributed by atoms with Crippen LogP contribution in [0.3, 0.4) is 0 Å². The predicted molar refractivity (Wildman–Crippen MR) is 153 cm³/mol. The van der Waals surface area contributed by atoms with Crippen LogP contribution in [0.1, 0.15) is 76.7 Å². The van der Waals surface area contributed by atoms with Gasteiger partial charge >= 0.3 is 5.97 Å². The van der Waals surface area contributed by atoms with Crippen LogP contribution >= 0.6 is 22.9 Å². The molecule has 0 amide bonds. The van der Waals surface area contributed by atoms with E-state index in [9.17, 15) is 19.4 Å². The first-order chi connectivity index (χ1) is 20.5. The Kier molecular flexibility index (Phi) is 6.88. The molecule has 4 aromatic rings. The van der Waals surface area contributed by atoms with Crippen LogP contribution in [0.4, 0.5) is 13.2 Å². The van der Waals surface area contributed by atoms with E-state index < -0.39 is 41.2 Å². The Hall–Kier alpha value is -2.99. The minimum Gasteiger partial charge on any atom is -0.478 e. The summed E-state index contributed by atoms with van der Waals surface area (Å²) in [6.07, 6.45) is -0.304. The Balaban J connectivity index is 1.21. The molecule has 2 aromatic carbocycles. The minimum atomic E-state index is -2.83. The molecule has 7 nitrogen and oxygen atoms in total. The quantitative estimate of drug-likeness (QED) is 0.204. The van der Waals surface area contributed by atoms with Crippen molar-refractivity contribution in [1.29, 1.82) is 0 Å². The summed E-state index contributed by atoms with van der Waals surface area (Å²) < 4.78 is 57.0. The van der Waals surface area contributed by atoms with E-state index in [1.807, 2.05) is 19.1 Å². The number of fused-ring (bicyclic) bond motifs is 3. The largest absolute Gasteiger partial charge is 0.478 e. The fourth-order valence-corrected chi connectivity index (χ4v) is 8.65. The summed E-state index contributed by atoms with van der Waals surface area (Å²) in [5.74, 6) is -2.53. The second-order valence-electron chi connectivity index (χ2n) is 12.1. The van der Waals surface area contributed by atoms with E-state index in [-0.39, 0.29) is 46.2 Å². The van der Waals surface area contributed by atoms with E-state index in [0.29, 0.717) is 40.4 Å². The Bertz CT molecular complexity index is 1720. The molecular weight excluding hydrogens is 605 g/mol. The highest BCUT2D eigenvalue weighted by atomic mass is 35.5. The summed E-state index contributed by atoms with van der Waals surface area (Å²) in [4.78, 5) is 15.8.